The van der Waals surface area contributed by atoms with Gasteiger partial charge in [0.25, 0.3) is 5.69 Å². The van der Waals surface area contributed by atoms with Crippen LogP contribution in [0.4, 0.5) is 15.8 Å². The normalized spacial score (nSPS) is 10.3. The van der Waals surface area contributed by atoms with Crippen LogP contribution in [-0.4, -0.2) is 4.92 Å². The molecule has 0 saturated carbocycles. The molecule has 0 spiro atoms. The smallest absolute Gasteiger partial charge is 0.272 e. The summed E-state index contributed by atoms with van der Waals surface area (Å²) >= 11 is 11.7. The summed E-state index contributed by atoms with van der Waals surface area (Å²) in [5, 5.41) is 14.6. The van der Waals surface area contributed by atoms with Crippen LogP contribution in [-0.2, 0) is 6.54 Å². The van der Waals surface area contributed by atoms with Crippen LogP contribution < -0.4 is 5.32 Å². The molecule has 2 aromatic rings. The Morgan fingerprint density at radius 1 is 1.10 bits per heavy atom. The van der Waals surface area contributed by atoms with Gasteiger partial charge in [0.05, 0.1) is 11.0 Å². The van der Waals surface area contributed by atoms with Gasteiger partial charge in [-0.1, -0.05) is 23.2 Å². The lowest BCUT2D eigenvalue weighted by atomic mass is 10.2. The standard InChI is InChI=1S/C13H9Cl2FN2O2/c14-9-3-10(15)5-12(4-9)17-7-8-1-11(16)6-13(2-8)18(19)20/h1-6,17H,7H2. The van der Waals surface area contributed by atoms with Crippen LogP contribution >= 0.6 is 23.2 Å². The van der Waals surface area contributed by atoms with Crippen molar-refractivity contribution < 1.29 is 9.31 Å². The quantitative estimate of drug-likeness (QED) is 0.660. The highest BCUT2D eigenvalue weighted by Crippen LogP contribution is 2.23. The van der Waals surface area contributed by atoms with Gasteiger partial charge in [0, 0.05) is 28.3 Å². The molecule has 20 heavy (non-hydrogen) atoms. The van der Waals surface area contributed by atoms with Crippen LogP contribution in [0, 0.1) is 15.9 Å². The summed E-state index contributed by atoms with van der Waals surface area (Å²) < 4.78 is 13.3. The molecule has 0 fully saturated rings. The molecule has 0 unspecified atom stereocenters. The Hall–Kier alpha value is -1.85. The largest absolute Gasteiger partial charge is 0.381 e. The predicted octanol–water partition coefficient (Wildman–Crippen LogP) is 4.65. The van der Waals surface area contributed by atoms with Crippen molar-refractivity contribution in [1.82, 2.24) is 0 Å². The first-order valence-corrected chi connectivity index (χ1v) is 6.33. The lowest BCUT2D eigenvalue weighted by Crippen LogP contribution is -2.01. The van der Waals surface area contributed by atoms with Crippen LogP contribution in [0.25, 0.3) is 0 Å². The van der Waals surface area contributed by atoms with Gasteiger partial charge in [0.1, 0.15) is 5.82 Å². The minimum absolute atomic E-state index is 0.218. The van der Waals surface area contributed by atoms with E-state index in [-0.39, 0.29) is 12.2 Å². The summed E-state index contributed by atoms with van der Waals surface area (Å²) in [4.78, 5) is 10.0. The van der Waals surface area contributed by atoms with Gasteiger partial charge in [-0.05, 0) is 29.8 Å². The molecule has 0 atom stereocenters. The number of benzene rings is 2. The Morgan fingerprint density at radius 3 is 2.35 bits per heavy atom. The topological polar surface area (TPSA) is 55.2 Å². The number of nitro benzene ring substituents is 1. The molecular formula is C13H9Cl2FN2O2. The second-order valence-electron chi connectivity index (χ2n) is 4.09. The fourth-order valence-electron chi connectivity index (χ4n) is 1.70. The number of hydrogen-bond donors (Lipinski definition) is 1. The second-order valence-corrected chi connectivity index (χ2v) is 4.96. The van der Waals surface area contributed by atoms with Gasteiger partial charge in [-0.15, -0.1) is 0 Å². The van der Waals surface area contributed by atoms with Crippen LogP contribution in [0.1, 0.15) is 5.56 Å². The number of nitrogens with zero attached hydrogens (tertiary/aromatic N) is 1. The molecule has 2 aromatic carbocycles. The SMILES string of the molecule is O=[N+]([O-])c1cc(F)cc(CNc2cc(Cl)cc(Cl)c2)c1. The molecule has 0 saturated heterocycles. The van der Waals surface area contributed by atoms with Crippen LogP contribution in [0.3, 0.4) is 0 Å². The summed E-state index contributed by atoms with van der Waals surface area (Å²) in [5.74, 6) is -0.653. The molecule has 0 aliphatic rings. The molecule has 7 heteroatoms. The monoisotopic (exact) mass is 314 g/mol. The maximum absolute atomic E-state index is 13.3. The van der Waals surface area contributed by atoms with Gasteiger partial charge < -0.3 is 5.32 Å². The van der Waals surface area contributed by atoms with Crippen molar-refractivity contribution in [3.05, 3.63) is 67.9 Å². The second kappa shape index (κ2) is 6.07. The minimum atomic E-state index is -0.653. The molecular weight excluding hydrogens is 306 g/mol. The van der Waals surface area contributed by atoms with E-state index in [0.717, 1.165) is 6.07 Å². The van der Waals surface area contributed by atoms with Crippen molar-refractivity contribution in [2.45, 2.75) is 6.54 Å². The van der Waals surface area contributed by atoms with Crippen molar-refractivity contribution in [3.63, 3.8) is 0 Å². The Morgan fingerprint density at radius 2 is 1.75 bits per heavy atom. The third kappa shape index (κ3) is 3.82. The van der Waals surface area contributed by atoms with Gasteiger partial charge in [0.2, 0.25) is 0 Å². The molecule has 0 aromatic heterocycles. The average molecular weight is 315 g/mol. The zero-order chi connectivity index (χ0) is 14.7. The highest BCUT2D eigenvalue weighted by atomic mass is 35.5. The van der Waals surface area contributed by atoms with E-state index in [0.29, 0.717) is 21.3 Å². The number of non-ortho nitro benzene ring substituents is 1. The average Bonchev–Trinajstić information content (AvgIpc) is 2.34. The van der Waals surface area contributed by atoms with Crippen LogP contribution in [0.2, 0.25) is 10.0 Å². The first-order valence-electron chi connectivity index (χ1n) is 5.58. The van der Waals surface area contributed by atoms with Gasteiger partial charge >= 0.3 is 0 Å². The van der Waals surface area contributed by atoms with E-state index >= 15 is 0 Å². The van der Waals surface area contributed by atoms with Gasteiger partial charge in [-0.3, -0.25) is 10.1 Å². The first kappa shape index (κ1) is 14.6. The fraction of sp³-hybridized carbons (Fsp3) is 0.0769. The molecule has 0 aliphatic heterocycles. The number of halogens is 3. The van der Waals surface area contributed by atoms with E-state index in [4.69, 9.17) is 23.2 Å². The van der Waals surface area contributed by atoms with E-state index < -0.39 is 10.7 Å². The van der Waals surface area contributed by atoms with Crippen LogP contribution in [0.15, 0.2) is 36.4 Å². The van der Waals surface area contributed by atoms with Crippen molar-refractivity contribution in [3.8, 4) is 0 Å². The Bertz CT molecular complexity index is 645. The lowest BCUT2D eigenvalue weighted by Gasteiger charge is -2.08. The minimum Gasteiger partial charge on any atom is -0.381 e. The molecule has 2 rings (SSSR count). The summed E-state index contributed by atoms with van der Waals surface area (Å²) in [6, 6.07) is 8.30. The van der Waals surface area contributed by atoms with Crippen molar-refractivity contribution >= 4 is 34.6 Å². The van der Waals surface area contributed by atoms with Gasteiger partial charge in [0.15, 0.2) is 0 Å². The number of hydrogen-bond acceptors (Lipinski definition) is 3. The zero-order valence-corrected chi connectivity index (χ0v) is 11.6. The predicted molar refractivity (Wildman–Crippen MR) is 76.8 cm³/mol. The van der Waals surface area contributed by atoms with E-state index in [1.54, 1.807) is 18.2 Å². The molecule has 104 valence electrons. The van der Waals surface area contributed by atoms with E-state index in [1.807, 2.05) is 0 Å². The number of anilines is 1. The molecule has 0 bridgehead atoms. The van der Waals surface area contributed by atoms with Crippen molar-refractivity contribution in [2.24, 2.45) is 0 Å². The highest BCUT2D eigenvalue weighted by molar-refractivity contribution is 6.35. The van der Waals surface area contributed by atoms with Crippen molar-refractivity contribution in [2.75, 3.05) is 5.32 Å². The molecule has 0 radical (unpaired) electrons. The Kier molecular flexibility index (Phi) is 4.42. The third-order valence-corrected chi connectivity index (χ3v) is 2.95. The van der Waals surface area contributed by atoms with Gasteiger partial charge in [-0.25, -0.2) is 4.39 Å². The highest BCUT2D eigenvalue weighted by Gasteiger charge is 2.09. The summed E-state index contributed by atoms with van der Waals surface area (Å²) in [6.07, 6.45) is 0. The molecule has 1 N–H and O–H groups in total. The lowest BCUT2D eigenvalue weighted by molar-refractivity contribution is -0.385. The van der Waals surface area contributed by atoms with Crippen molar-refractivity contribution in [1.29, 1.82) is 0 Å². The van der Waals surface area contributed by atoms with Crippen LogP contribution in [0.5, 0.6) is 0 Å². The molecule has 0 heterocycles. The number of nitro groups is 1. The Balaban J connectivity index is 2.16. The van der Waals surface area contributed by atoms with E-state index in [9.17, 15) is 14.5 Å². The summed E-state index contributed by atoms with van der Waals surface area (Å²) in [7, 11) is 0. The molecule has 4 nitrogen and oxygen atoms in total. The van der Waals surface area contributed by atoms with E-state index in [2.05, 4.69) is 5.32 Å². The maximum Gasteiger partial charge on any atom is 0.272 e. The fourth-order valence-corrected chi connectivity index (χ4v) is 2.23. The first-order chi connectivity index (χ1) is 9.44. The molecule has 0 amide bonds. The van der Waals surface area contributed by atoms with Gasteiger partial charge in [-0.2, -0.15) is 0 Å². The summed E-state index contributed by atoms with van der Waals surface area (Å²) in [5.41, 5.74) is 0.813. The third-order valence-electron chi connectivity index (χ3n) is 2.51. The Labute approximate surface area is 124 Å². The summed E-state index contributed by atoms with van der Waals surface area (Å²) in [6.45, 7) is 0.218. The maximum atomic E-state index is 13.3. The van der Waals surface area contributed by atoms with E-state index in [1.165, 1.54) is 12.1 Å². The number of nitrogens with one attached hydrogen (secondary N) is 1. The zero-order valence-electron chi connectivity index (χ0n) is 10.1. The number of rotatable bonds is 4. The molecule has 0 aliphatic carbocycles.